The Bertz CT molecular complexity index is 349. The Morgan fingerprint density at radius 2 is 1.63 bits per heavy atom. The zero-order chi connectivity index (χ0) is 15.2. The van der Waals surface area contributed by atoms with Crippen molar-refractivity contribution in [3.8, 4) is 0 Å². The van der Waals surface area contributed by atoms with Crippen molar-refractivity contribution in [2.75, 3.05) is 7.11 Å². The molecule has 0 rings (SSSR count). The summed E-state index contributed by atoms with van der Waals surface area (Å²) in [5.41, 5.74) is -0.284. The van der Waals surface area contributed by atoms with Gasteiger partial charge >= 0.3 is 12.1 Å². The molecule has 5 nitrogen and oxygen atoms in total. The maximum absolute atomic E-state index is 12.1. The zero-order valence-corrected chi connectivity index (χ0v) is 12.8. The van der Waals surface area contributed by atoms with Crippen LogP contribution in [0.15, 0.2) is 11.6 Å². The van der Waals surface area contributed by atoms with E-state index in [2.05, 4.69) is 4.74 Å². The second-order valence-corrected chi connectivity index (χ2v) is 5.58. The van der Waals surface area contributed by atoms with E-state index in [1.54, 1.807) is 33.8 Å². The summed E-state index contributed by atoms with van der Waals surface area (Å²) < 4.78 is 14.7. The second-order valence-electron chi connectivity index (χ2n) is 5.58. The van der Waals surface area contributed by atoms with Gasteiger partial charge in [-0.3, -0.25) is 0 Å². The van der Waals surface area contributed by atoms with E-state index in [1.807, 2.05) is 13.8 Å². The highest BCUT2D eigenvalue weighted by Gasteiger charge is 2.26. The van der Waals surface area contributed by atoms with Gasteiger partial charge in [-0.1, -0.05) is 19.9 Å². The first-order valence-electron chi connectivity index (χ1n) is 6.26. The number of esters is 1. The Morgan fingerprint density at radius 1 is 1.11 bits per heavy atom. The molecule has 0 N–H and O–H groups in total. The standard InChI is InChI=1S/C14H24O5/c1-9(2)8-11(10(3)18-13(16)17-7)12(15)19-14(4,5)6/h8-10H,1-7H3/b11-8-/t10-/m0/s1. The van der Waals surface area contributed by atoms with Crippen molar-refractivity contribution in [1.82, 2.24) is 0 Å². The van der Waals surface area contributed by atoms with Gasteiger partial charge < -0.3 is 14.2 Å². The fourth-order valence-electron chi connectivity index (χ4n) is 1.32. The van der Waals surface area contributed by atoms with Crippen molar-refractivity contribution in [2.24, 2.45) is 5.92 Å². The SMILES string of the molecule is COC(=O)O[C@@H](C)/C(=C/C(C)C)C(=O)OC(C)(C)C. The summed E-state index contributed by atoms with van der Waals surface area (Å²) in [5.74, 6) is -0.358. The Morgan fingerprint density at radius 3 is 2.00 bits per heavy atom. The fourth-order valence-corrected chi connectivity index (χ4v) is 1.32. The summed E-state index contributed by atoms with van der Waals surface area (Å²) in [4.78, 5) is 23.2. The largest absolute Gasteiger partial charge is 0.508 e. The van der Waals surface area contributed by atoms with E-state index in [-0.39, 0.29) is 5.92 Å². The van der Waals surface area contributed by atoms with Gasteiger partial charge in [-0.25, -0.2) is 9.59 Å². The molecule has 0 aromatic heterocycles. The minimum atomic E-state index is -0.828. The first-order valence-corrected chi connectivity index (χ1v) is 6.26. The topological polar surface area (TPSA) is 61.8 Å². The number of hydrogen-bond donors (Lipinski definition) is 0. The van der Waals surface area contributed by atoms with Crippen LogP contribution in [0.2, 0.25) is 0 Å². The van der Waals surface area contributed by atoms with Gasteiger partial charge in [-0.2, -0.15) is 0 Å². The smallest absolute Gasteiger partial charge is 0.457 e. The van der Waals surface area contributed by atoms with Crippen molar-refractivity contribution in [2.45, 2.75) is 53.2 Å². The first kappa shape index (κ1) is 17.5. The van der Waals surface area contributed by atoms with E-state index in [1.165, 1.54) is 7.11 Å². The summed E-state index contributed by atoms with van der Waals surface area (Å²) >= 11 is 0. The van der Waals surface area contributed by atoms with Crippen LogP contribution in [-0.2, 0) is 19.0 Å². The molecule has 0 heterocycles. The van der Waals surface area contributed by atoms with E-state index >= 15 is 0 Å². The molecule has 0 aromatic rings. The molecule has 0 saturated heterocycles. The van der Waals surface area contributed by atoms with Crippen molar-refractivity contribution >= 4 is 12.1 Å². The Kier molecular flexibility index (Phi) is 6.59. The van der Waals surface area contributed by atoms with E-state index in [9.17, 15) is 9.59 Å². The quantitative estimate of drug-likeness (QED) is 0.581. The summed E-state index contributed by atoms with van der Waals surface area (Å²) in [6.45, 7) is 10.8. The van der Waals surface area contributed by atoms with Crippen LogP contribution < -0.4 is 0 Å². The molecule has 0 aliphatic rings. The summed E-state index contributed by atoms with van der Waals surface area (Å²) in [5, 5.41) is 0. The minimum absolute atomic E-state index is 0.131. The van der Waals surface area contributed by atoms with Gasteiger partial charge in [0.25, 0.3) is 0 Å². The van der Waals surface area contributed by atoms with Crippen LogP contribution in [0.25, 0.3) is 0 Å². The number of hydrogen-bond acceptors (Lipinski definition) is 5. The van der Waals surface area contributed by atoms with Gasteiger partial charge in [0.1, 0.15) is 11.7 Å². The highest BCUT2D eigenvalue weighted by Crippen LogP contribution is 2.17. The molecule has 110 valence electrons. The lowest BCUT2D eigenvalue weighted by Gasteiger charge is -2.23. The van der Waals surface area contributed by atoms with Crippen LogP contribution in [-0.4, -0.2) is 30.9 Å². The predicted octanol–water partition coefficient (Wildman–Crippen LogP) is 3.08. The molecule has 19 heavy (non-hydrogen) atoms. The molecule has 0 aliphatic carbocycles. The molecule has 0 amide bonds. The van der Waals surface area contributed by atoms with E-state index in [4.69, 9.17) is 9.47 Å². The van der Waals surface area contributed by atoms with Gasteiger partial charge in [-0.05, 0) is 33.6 Å². The van der Waals surface area contributed by atoms with Crippen LogP contribution in [0.3, 0.4) is 0 Å². The van der Waals surface area contributed by atoms with E-state index < -0.39 is 23.8 Å². The van der Waals surface area contributed by atoms with Crippen molar-refractivity contribution in [1.29, 1.82) is 0 Å². The third-order valence-corrected chi connectivity index (χ3v) is 2.03. The number of carbonyl (C=O) groups is 2. The number of allylic oxidation sites excluding steroid dienone is 1. The number of ether oxygens (including phenoxy) is 3. The zero-order valence-electron chi connectivity index (χ0n) is 12.8. The Labute approximate surface area is 114 Å². The molecular weight excluding hydrogens is 248 g/mol. The molecule has 0 bridgehead atoms. The molecular formula is C14H24O5. The molecule has 0 spiro atoms. The summed E-state index contributed by atoms with van der Waals surface area (Å²) in [6.07, 6.45) is 0.178. The Balaban J connectivity index is 5.02. The highest BCUT2D eigenvalue weighted by atomic mass is 16.7. The third kappa shape index (κ3) is 7.49. The van der Waals surface area contributed by atoms with Crippen LogP contribution in [0.5, 0.6) is 0 Å². The summed E-state index contributed by atoms with van der Waals surface area (Å²) in [7, 11) is 1.22. The highest BCUT2D eigenvalue weighted by molar-refractivity contribution is 5.90. The van der Waals surface area contributed by atoms with E-state index in [0.717, 1.165) is 0 Å². The average Bonchev–Trinajstić information content (AvgIpc) is 2.22. The van der Waals surface area contributed by atoms with Gasteiger partial charge in [0.2, 0.25) is 0 Å². The molecule has 0 aromatic carbocycles. The van der Waals surface area contributed by atoms with Crippen molar-refractivity contribution < 1.29 is 23.8 Å². The molecule has 0 saturated carbocycles. The van der Waals surface area contributed by atoms with Crippen LogP contribution in [0.4, 0.5) is 4.79 Å². The van der Waals surface area contributed by atoms with Gasteiger partial charge in [0.05, 0.1) is 12.7 Å². The lowest BCUT2D eigenvalue weighted by molar-refractivity contribution is -0.151. The second kappa shape index (κ2) is 7.16. The van der Waals surface area contributed by atoms with Crippen LogP contribution in [0.1, 0.15) is 41.5 Å². The maximum atomic E-state index is 12.1. The number of carbonyl (C=O) groups excluding carboxylic acids is 2. The third-order valence-electron chi connectivity index (χ3n) is 2.03. The monoisotopic (exact) mass is 272 g/mol. The molecule has 0 unspecified atom stereocenters. The van der Waals surface area contributed by atoms with Crippen LogP contribution in [0, 0.1) is 5.92 Å². The molecule has 0 aliphatic heterocycles. The fraction of sp³-hybridized carbons (Fsp3) is 0.714. The first-order chi connectivity index (χ1) is 8.56. The van der Waals surface area contributed by atoms with Gasteiger partial charge in [0, 0.05) is 0 Å². The lowest BCUT2D eigenvalue weighted by Crippen LogP contribution is -2.30. The van der Waals surface area contributed by atoms with Crippen molar-refractivity contribution in [3.05, 3.63) is 11.6 Å². The number of rotatable bonds is 4. The van der Waals surface area contributed by atoms with Gasteiger partial charge in [0.15, 0.2) is 0 Å². The van der Waals surface area contributed by atoms with Gasteiger partial charge in [-0.15, -0.1) is 0 Å². The minimum Gasteiger partial charge on any atom is -0.457 e. The molecule has 0 fully saturated rings. The van der Waals surface area contributed by atoms with Crippen LogP contribution >= 0.6 is 0 Å². The predicted molar refractivity (Wildman–Crippen MR) is 71.7 cm³/mol. The molecule has 5 heteroatoms. The normalized spacial score (nSPS) is 14.0. The molecule has 1 atom stereocenters. The average molecular weight is 272 g/mol. The lowest BCUT2D eigenvalue weighted by atomic mass is 10.0. The summed E-state index contributed by atoms with van der Waals surface area (Å²) in [6, 6.07) is 0. The van der Waals surface area contributed by atoms with Crippen molar-refractivity contribution in [3.63, 3.8) is 0 Å². The van der Waals surface area contributed by atoms with E-state index in [0.29, 0.717) is 5.57 Å². The molecule has 0 radical (unpaired) electrons. The Hall–Kier alpha value is -1.52. The maximum Gasteiger partial charge on any atom is 0.508 e. The number of methoxy groups -OCH3 is 1.